The van der Waals surface area contributed by atoms with Crippen LogP contribution in [0.3, 0.4) is 0 Å². The molecule has 0 amide bonds. The van der Waals surface area contributed by atoms with Gasteiger partial charge in [-0.25, -0.2) is 0 Å². The van der Waals surface area contributed by atoms with Gasteiger partial charge in [0.2, 0.25) is 0 Å². The molecule has 14 heavy (non-hydrogen) atoms. The van der Waals surface area contributed by atoms with Crippen molar-refractivity contribution in [3.05, 3.63) is 34.8 Å². The van der Waals surface area contributed by atoms with Gasteiger partial charge in [0.15, 0.2) is 0 Å². The molecule has 0 fully saturated rings. The quantitative estimate of drug-likeness (QED) is 0.591. The summed E-state index contributed by atoms with van der Waals surface area (Å²) in [5.41, 5.74) is 0.759. The zero-order valence-corrected chi connectivity index (χ0v) is 8.16. The van der Waals surface area contributed by atoms with Crippen molar-refractivity contribution >= 4 is 0 Å². The van der Waals surface area contributed by atoms with E-state index in [9.17, 15) is 0 Å². The van der Waals surface area contributed by atoms with Gasteiger partial charge in [-0.3, -0.25) is 0 Å². The Morgan fingerprint density at radius 3 is 2.50 bits per heavy atom. The van der Waals surface area contributed by atoms with E-state index in [2.05, 4.69) is 0 Å². The van der Waals surface area contributed by atoms with Crippen molar-refractivity contribution in [1.29, 1.82) is 10.5 Å². The molecule has 0 saturated carbocycles. The third-order valence-electron chi connectivity index (χ3n) is 1.83. The van der Waals surface area contributed by atoms with Gasteiger partial charge in [0, 0.05) is 12.0 Å². The van der Waals surface area contributed by atoms with E-state index in [1.165, 1.54) is 0 Å². The lowest BCUT2D eigenvalue weighted by Crippen LogP contribution is -1.98. The third-order valence-corrected chi connectivity index (χ3v) is 1.83. The molecule has 1 aliphatic heterocycles. The first kappa shape index (κ1) is 10.1. The number of nitrogens with zero attached hydrogens (tertiary/aromatic N) is 2. The van der Waals surface area contributed by atoms with Gasteiger partial charge in [0.1, 0.15) is 29.2 Å². The zero-order valence-electron chi connectivity index (χ0n) is 8.16. The van der Waals surface area contributed by atoms with Crippen LogP contribution in [0.15, 0.2) is 34.8 Å². The smallest absolute Gasteiger partial charge is 0.137 e. The van der Waals surface area contributed by atoms with Gasteiger partial charge in [-0.1, -0.05) is 6.92 Å². The molecule has 3 nitrogen and oxygen atoms in total. The fourth-order valence-corrected chi connectivity index (χ4v) is 1.17. The summed E-state index contributed by atoms with van der Waals surface area (Å²) in [7, 11) is 0. The summed E-state index contributed by atoms with van der Waals surface area (Å²) in [5.74, 6) is 1.49. The highest BCUT2D eigenvalue weighted by Gasteiger charge is 2.10. The molecule has 0 bridgehead atoms. The second-order valence-electron chi connectivity index (χ2n) is 2.88. The first-order valence-electron chi connectivity index (χ1n) is 4.32. The van der Waals surface area contributed by atoms with Crippen LogP contribution in [-0.2, 0) is 4.74 Å². The maximum Gasteiger partial charge on any atom is 0.137 e. The summed E-state index contributed by atoms with van der Waals surface area (Å²) < 4.78 is 5.37. The van der Waals surface area contributed by atoms with Crippen LogP contribution < -0.4 is 0 Å². The van der Waals surface area contributed by atoms with E-state index in [0.717, 1.165) is 12.2 Å². The minimum Gasteiger partial charge on any atom is -0.466 e. The van der Waals surface area contributed by atoms with Crippen molar-refractivity contribution in [1.82, 2.24) is 0 Å². The highest BCUT2D eigenvalue weighted by Crippen LogP contribution is 2.22. The number of ether oxygens (including phenoxy) is 1. The van der Waals surface area contributed by atoms with E-state index < -0.39 is 0 Å². The maximum atomic E-state index is 8.69. The number of nitriles is 2. The van der Waals surface area contributed by atoms with E-state index in [1.54, 1.807) is 19.1 Å². The van der Waals surface area contributed by atoms with E-state index >= 15 is 0 Å². The predicted octanol–water partition coefficient (Wildman–Crippen LogP) is 2.56. The summed E-state index contributed by atoms with van der Waals surface area (Å²) in [6, 6.07) is 3.72. The Bertz CT molecular complexity index is 398. The van der Waals surface area contributed by atoms with Gasteiger partial charge < -0.3 is 4.74 Å². The predicted molar refractivity (Wildman–Crippen MR) is 51.5 cm³/mol. The van der Waals surface area contributed by atoms with Crippen LogP contribution in [0.4, 0.5) is 0 Å². The number of rotatable bonds is 1. The van der Waals surface area contributed by atoms with Crippen LogP contribution in [0.2, 0.25) is 0 Å². The normalized spacial score (nSPS) is 14.4. The fourth-order valence-electron chi connectivity index (χ4n) is 1.17. The van der Waals surface area contributed by atoms with Crippen molar-refractivity contribution in [2.45, 2.75) is 20.3 Å². The molecule has 0 N–H and O–H groups in total. The van der Waals surface area contributed by atoms with Gasteiger partial charge in [-0.05, 0) is 19.1 Å². The van der Waals surface area contributed by atoms with Crippen LogP contribution in [-0.4, -0.2) is 0 Å². The second-order valence-corrected chi connectivity index (χ2v) is 2.88. The lowest BCUT2D eigenvalue weighted by atomic mass is 10.1. The van der Waals surface area contributed by atoms with Crippen molar-refractivity contribution in [3.8, 4) is 12.1 Å². The van der Waals surface area contributed by atoms with Crippen LogP contribution >= 0.6 is 0 Å². The van der Waals surface area contributed by atoms with Crippen LogP contribution in [0.25, 0.3) is 0 Å². The zero-order chi connectivity index (χ0) is 10.6. The highest BCUT2D eigenvalue weighted by molar-refractivity contribution is 5.51. The van der Waals surface area contributed by atoms with Crippen LogP contribution in [0.5, 0.6) is 0 Å². The first-order chi connectivity index (χ1) is 6.71. The Kier molecular flexibility index (Phi) is 3.09. The lowest BCUT2D eigenvalue weighted by molar-refractivity contribution is 0.291. The first-order valence-corrected chi connectivity index (χ1v) is 4.32. The van der Waals surface area contributed by atoms with E-state index in [-0.39, 0.29) is 5.57 Å². The van der Waals surface area contributed by atoms with E-state index in [1.807, 2.05) is 19.1 Å². The van der Waals surface area contributed by atoms with Crippen molar-refractivity contribution in [2.24, 2.45) is 0 Å². The van der Waals surface area contributed by atoms with Gasteiger partial charge in [-0.15, -0.1) is 0 Å². The standard InChI is InChI=1S/C11H10N2O/c1-3-11-5-9(4-8(2)14-11)10(6-12)7-13/h4-5H,3H2,1-2H3. The molecule has 0 spiro atoms. The number of hydrogen-bond donors (Lipinski definition) is 0. The van der Waals surface area contributed by atoms with E-state index in [4.69, 9.17) is 15.3 Å². The summed E-state index contributed by atoms with van der Waals surface area (Å²) in [6.45, 7) is 3.76. The Balaban J connectivity index is 3.19. The lowest BCUT2D eigenvalue weighted by Gasteiger charge is -2.14. The molecule has 0 atom stereocenters. The summed E-state index contributed by atoms with van der Waals surface area (Å²) in [6.07, 6.45) is 4.18. The molecule has 1 rings (SSSR count). The number of allylic oxidation sites excluding steroid dienone is 6. The van der Waals surface area contributed by atoms with Crippen molar-refractivity contribution in [2.75, 3.05) is 0 Å². The molecule has 0 saturated heterocycles. The third kappa shape index (κ3) is 2.02. The Morgan fingerprint density at radius 2 is 2.00 bits per heavy atom. The molecule has 1 heterocycles. The molecule has 0 aromatic carbocycles. The number of hydrogen-bond acceptors (Lipinski definition) is 3. The van der Waals surface area contributed by atoms with Gasteiger partial charge in [0.05, 0.1) is 0 Å². The molecule has 1 aliphatic rings. The summed E-state index contributed by atoms with van der Waals surface area (Å²) in [4.78, 5) is 0. The molecule has 0 aromatic rings. The van der Waals surface area contributed by atoms with Gasteiger partial charge >= 0.3 is 0 Å². The van der Waals surface area contributed by atoms with Crippen LogP contribution in [0.1, 0.15) is 20.3 Å². The second kappa shape index (κ2) is 4.30. The average Bonchev–Trinajstić information content (AvgIpc) is 2.19. The molecule has 3 heteroatoms. The van der Waals surface area contributed by atoms with E-state index in [0.29, 0.717) is 11.3 Å². The van der Waals surface area contributed by atoms with Crippen molar-refractivity contribution < 1.29 is 4.74 Å². The molecule has 0 unspecified atom stereocenters. The van der Waals surface area contributed by atoms with Gasteiger partial charge in [0.25, 0.3) is 0 Å². The van der Waals surface area contributed by atoms with Crippen molar-refractivity contribution in [3.63, 3.8) is 0 Å². The van der Waals surface area contributed by atoms with Gasteiger partial charge in [-0.2, -0.15) is 10.5 Å². The monoisotopic (exact) mass is 186 g/mol. The summed E-state index contributed by atoms with van der Waals surface area (Å²) in [5, 5.41) is 17.4. The molecular formula is C11H10N2O. The molecule has 0 radical (unpaired) electrons. The Morgan fingerprint density at radius 1 is 1.36 bits per heavy atom. The fraction of sp³-hybridized carbons (Fsp3) is 0.273. The SMILES string of the molecule is CCC1=CC(=C(C#N)C#N)C=C(C)O1. The maximum absolute atomic E-state index is 8.69. The topological polar surface area (TPSA) is 56.8 Å². The summed E-state index contributed by atoms with van der Waals surface area (Å²) >= 11 is 0. The average molecular weight is 186 g/mol. The largest absolute Gasteiger partial charge is 0.466 e. The Labute approximate surface area is 83.2 Å². The minimum atomic E-state index is 0.124. The molecule has 0 aliphatic carbocycles. The Hall–Kier alpha value is -2.00. The highest BCUT2D eigenvalue weighted by atomic mass is 16.5. The minimum absolute atomic E-state index is 0.124. The molecule has 70 valence electrons. The molecule has 0 aromatic heterocycles. The van der Waals surface area contributed by atoms with Crippen LogP contribution in [0, 0.1) is 22.7 Å². The molecular weight excluding hydrogens is 176 g/mol.